The highest BCUT2D eigenvalue weighted by atomic mass is 16.4. The number of carbonyl (C=O) groups excluding carboxylic acids is 2. The van der Waals surface area contributed by atoms with Crippen LogP contribution in [0.3, 0.4) is 0 Å². The number of aliphatic carboxylic acids is 1. The minimum absolute atomic E-state index is 0.00838. The maximum Gasteiger partial charge on any atom is 0.352 e. The maximum absolute atomic E-state index is 12.2. The number of nitrogens with zero attached hydrogens (tertiary/aromatic N) is 1. The number of carbonyl (C=O) groups is 3. The fourth-order valence-electron chi connectivity index (χ4n) is 3.62. The van der Waals surface area contributed by atoms with Gasteiger partial charge in [0, 0.05) is 7.05 Å². The number of carboxylic acids is 1. The second-order valence-electron chi connectivity index (χ2n) is 6.43. The van der Waals surface area contributed by atoms with Crippen molar-refractivity contribution in [2.45, 2.75) is 31.9 Å². The van der Waals surface area contributed by atoms with Gasteiger partial charge in [-0.15, -0.1) is 0 Å². The molecule has 0 aromatic heterocycles. The largest absolute Gasteiger partial charge is 0.477 e. The molecule has 1 aromatic carbocycles. The first kappa shape index (κ1) is 17.2. The number of hydrogen-bond donors (Lipinski definition) is 3. The molecule has 0 bridgehead atoms. The van der Waals surface area contributed by atoms with Crippen LogP contribution in [0.2, 0.25) is 0 Å². The van der Waals surface area contributed by atoms with Crippen molar-refractivity contribution < 1.29 is 24.6 Å². The Labute approximate surface area is 144 Å². The molecule has 1 fully saturated rings. The third-order valence-electron chi connectivity index (χ3n) is 4.88. The van der Waals surface area contributed by atoms with E-state index in [-0.39, 0.29) is 30.0 Å². The van der Waals surface area contributed by atoms with E-state index in [4.69, 9.17) is 0 Å². The lowest BCUT2D eigenvalue weighted by Crippen LogP contribution is -2.61. The van der Waals surface area contributed by atoms with E-state index < -0.39 is 18.0 Å². The predicted octanol–water partition coefficient (Wildman–Crippen LogP) is 0.382. The van der Waals surface area contributed by atoms with Crippen LogP contribution in [0.1, 0.15) is 24.5 Å². The van der Waals surface area contributed by atoms with Crippen molar-refractivity contribution in [1.82, 2.24) is 10.2 Å². The number of rotatable bonds is 5. The molecule has 132 valence electrons. The number of hydrogen-bond acceptors (Lipinski definition) is 4. The average molecular weight is 344 g/mol. The van der Waals surface area contributed by atoms with Crippen molar-refractivity contribution in [1.29, 1.82) is 0 Å². The second kappa shape index (κ2) is 6.33. The lowest BCUT2D eigenvalue weighted by Gasteiger charge is -2.44. The quantitative estimate of drug-likeness (QED) is 0.670. The Hall–Kier alpha value is -2.67. The van der Waals surface area contributed by atoms with E-state index in [9.17, 15) is 24.6 Å². The Kier molecular flexibility index (Phi) is 4.34. The van der Waals surface area contributed by atoms with Gasteiger partial charge in [0.15, 0.2) is 0 Å². The molecular formula is C18H20N2O5. The molecule has 2 heterocycles. The van der Waals surface area contributed by atoms with Crippen LogP contribution < -0.4 is 5.32 Å². The molecule has 0 unspecified atom stereocenters. The van der Waals surface area contributed by atoms with Crippen LogP contribution in [0, 0.1) is 5.92 Å². The Morgan fingerprint density at radius 3 is 2.48 bits per heavy atom. The molecule has 1 aromatic rings. The van der Waals surface area contributed by atoms with Crippen LogP contribution in [0.4, 0.5) is 0 Å². The summed E-state index contributed by atoms with van der Waals surface area (Å²) in [5.41, 5.74) is 2.11. The van der Waals surface area contributed by atoms with Crippen LogP contribution in [0.5, 0.6) is 0 Å². The number of carboxylic acid groups (broad SMARTS) is 1. The molecule has 0 spiro atoms. The van der Waals surface area contributed by atoms with Crippen LogP contribution in [-0.2, 0) is 20.8 Å². The summed E-state index contributed by atoms with van der Waals surface area (Å²) in [5, 5.41) is 21.9. The lowest BCUT2D eigenvalue weighted by molar-refractivity contribution is -0.161. The Balaban J connectivity index is 1.90. The third-order valence-corrected chi connectivity index (χ3v) is 4.88. The number of benzene rings is 1. The molecule has 0 radical (unpaired) electrons. The Morgan fingerprint density at radius 1 is 1.32 bits per heavy atom. The SMILES string of the molecule is CNC(=O)Cc1ccc(C2=C(C(=O)O)N3C(=O)[C@H]([C@@H](C)O)[C@H]3C2)cc1. The number of β-lactam (4-membered cyclic amide) rings is 1. The summed E-state index contributed by atoms with van der Waals surface area (Å²) in [6, 6.07) is 6.79. The summed E-state index contributed by atoms with van der Waals surface area (Å²) in [5.74, 6) is -2.15. The molecule has 7 heteroatoms. The van der Waals surface area contributed by atoms with Gasteiger partial charge in [-0.3, -0.25) is 9.59 Å². The molecule has 25 heavy (non-hydrogen) atoms. The normalized spacial score (nSPS) is 23.2. The number of fused-ring (bicyclic) bond motifs is 1. The molecule has 0 saturated carbocycles. The fraction of sp³-hybridized carbons (Fsp3) is 0.389. The second-order valence-corrected chi connectivity index (χ2v) is 6.43. The van der Waals surface area contributed by atoms with E-state index in [1.165, 1.54) is 4.90 Å². The zero-order valence-electron chi connectivity index (χ0n) is 14.0. The minimum atomic E-state index is -1.15. The zero-order valence-corrected chi connectivity index (χ0v) is 14.0. The summed E-state index contributed by atoms with van der Waals surface area (Å²) < 4.78 is 0. The van der Waals surface area contributed by atoms with Gasteiger partial charge in [-0.1, -0.05) is 24.3 Å². The van der Waals surface area contributed by atoms with Crippen molar-refractivity contribution in [3.8, 4) is 0 Å². The van der Waals surface area contributed by atoms with Crippen molar-refractivity contribution in [2.24, 2.45) is 5.92 Å². The number of aliphatic hydroxyl groups is 1. The van der Waals surface area contributed by atoms with Crippen molar-refractivity contribution in [3.63, 3.8) is 0 Å². The first-order valence-corrected chi connectivity index (χ1v) is 8.12. The minimum Gasteiger partial charge on any atom is -0.477 e. The molecule has 2 aliphatic rings. The van der Waals surface area contributed by atoms with Gasteiger partial charge in [0.25, 0.3) is 0 Å². The predicted molar refractivity (Wildman–Crippen MR) is 89.2 cm³/mol. The van der Waals surface area contributed by atoms with Gasteiger partial charge < -0.3 is 20.4 Å². The van der Waals surface area contributed by atoms with Crippen molar-refractivity contribution >= 4 is 23.4 Å². The van der Waals surface area contributed by atoms with E-state index in [1.54, 1.807) is 38.2 Å². The first-order valence-electron chi connectivity index (χ1n) is 8.12. The standard InChI is InChI=1S/C18H20N2O5/c1-9(21)15-13-8-12(16(18(24)25)20(13)17(15)23)11-5-3-10(4-6-11)7-14(22)19-2/h3-6,9,13,15,21H,7-8H2,1-2H3,(H,19,22)(H,24,25)/t9-,13-,15-/m1/s1. The summed E-state index contributed by atoms with van der Waals surface area (Å²) in [6.45, 7) is 1.55. The number of nitrogens with one attached hydrogen (secondary N) is 1. The van der Waals surface area contributed by atoms with Gasteiger partial charge in [-0.05, 0) is 30.0 Å². The number of likely N-dealkylation sites (N-methyl/N-ethyl adjacent to an activating group) is 1. The number of amides is 2. The van der Waals surface area contributed by atoms with E-state index in [1.807, 2.05) is 0 Å². The summed E-state index contributed by atoms with van der Waals surface area (Å²) >= 11 is 0. The summed E-state index contributed by atoms with van der Waals surface area (Å²) in [4.78, 5) is 36.6. The molecular weight excluding hydrogens is 324 g/mol. The van der Waals surface area contributed by atoms with Gasteiger partial charge in [0.05, 0.1) is 24.5 Å². The van der Waals surface area contributed by atoms with E-state index >= 15 is 0 Å². The molecule has 2 amide bonds. The maximum atomic E-state index is 12.2. The van der Waals surface area contributed by atoms with Crippen molar-refractivity contribution in [2.75, 3.05) is 7.05 Å². The summed E-state index contributed by atoms with van der Waals surface area (Å²) in [6.07, 6.45) is -0.158. The smallest absolute Gasteiger partial charge is 0.352 e. The van der Waals surface area contributed by atoms with Gasteiger partial charge in [0.1, 0.15) is 5.70 Å². The van der Waals surface area contributed by atoms with Gasteiger partial charge in [-0.25, -0.2) is 4.79 Å². The lowest BCUT2D eigenvalue weighted by atomic mass is 9.82. The molecule has 1 saturated heterocycles. The topological polar surface area (TPSA) is 107 Å². The molecule has 7 nitrogen and oxygen atoms in total. The van der Waals surface area contributed by atoms with Crippen LogP contribution in [0.25, 0.3) is 5.57 Å². The highest BCUT2D eigenvalue weighted by molar-refractivity contribution is 6.06. The van der Waals surface area contributed by atoms with E-state index in [2.05, 4.69) is 5.32 Å². The average Bonchev–Trinajstić information content (AvgIpc) is 2.90. The van der Waals surface area contributed by atoms with Gasteiger partial charge >= 0.3 is 5.97 Å². The van der Waals surface area contributed by atoms with Gasteiger partial charge in [0.2, 0.25) is 11.8 Å². The molecule has 3 atom stereocenters. The van der Waals surface area contributed by atoms with Crippen LogP contribution in [-0.4, -0.2) is 52.1 Å². The monoisotopic (exact) mass is 344 g/mol. The highest BCUT2D eigenvalue weighted by Crippen LogP contribution is 2.46. The van der Waals surface area contributed by atoms with E-state index in [0.29, 0.717) is 17.6 Å². The molecule has 2 aliphatic heterocycles. The third kappa shape index (κ3) is 2.80. The molecule has 0 aliphatic carbocycles. The Morgan fingerprint density at radius 2 is 1.96 bits per heavy atom. The van der Waals surface area contributed by atoms with Crippen molar-refractivity contribution in [3.05, 3.63) is 41.1 Å². The summed E-state index contributed by atoms with van der Waals surface area (Å²) in [7, 11) is 1.57. The zero-order chi connectivity index (χ0) is 18.3. The Bertz CT molecular complexity index is 766. The van der Waals surface area contributed by atoms with Gasteiger partial charge in [-0.2, -0.15) is 0 Å². The van der Waals surface area contributed by atoms with Crippen LogP contribution >= 0.6 is 0 Å². The van der Waals surface area contributed by atoms with Crippen LogP contribution in [0.15, 0.2) is 30.0 Å². The van der Waals surface area contributed by atoms with E-state index in [0.717, 1.165) is 5.56 Å². The highest BCUT2D eigenvalue weighted by Gasteiger charge is 2.56. The first-order chi connectivity index (χ1) is 11.8. The molecule has 3 rings (SSSR count). The number of aliphatic hydroxyl groups excluding tert-OH is 1. The molecule has 3 N–H and O–H groups in total. The fourth-order valence-corrected chi connectivity index (χ4v) is 3.62.